The van der Waals surface area contributed by atoms with Gasteiger partial charge in [-0.15, -0.1) is 0 Å². The average Bonchev–Trinajstić information content (AvgIpc) is 2.66. The van der Waals surface area contributed by atoms with Gasteiger partial charge in [0.1, 0.15) is 11.6 Å². The largest absolute Gasteiger partial charge is 0.382 e. The van der Waals surface area contributed by atoms with Gasteiger partial charge >= 0.3 is 6.03 Å². The fraction of sp³-hybridized carbons (Fsp3) is 0.421. The number of hydrogen-bond donors (Lipinski definition) is 3. The lowest BCUT2D eigenvalue weighted by molar-refractivity contribution is -0.132. The van der Waals surface area contributed by atoms with Gasteiger partial charge in [-0.25, -0.2) is 4.79 Å². The molecule has 0 unspecified atom stereocenters. The molecule has 0 aliphatic rings. The normalized spacial score (nSPS) is 11.4. The Labute approximate surface area is 169 Å². The van der Waals surface area contributed by atoms with Gasteiger partial charge < -0.3 is 20.1 Å². The molecule has 0 bridgehead atoms. The lowest BCUT2D eigenvalue weighted by atomic mass is 10.1. The molecule has 0 saturated carbocycles. The molecule has 9 heteroatoms. The summed E-state index contributed by atoms with van der Waals surface area (Å²) in [6.45, 7) is 6.67. The first-order chi connectivity index (χ1) is 13.4. The van der Waals surface area contributed by atoms with Crippen molar-refractivity contribution in [1.29, 1.82) is 5.26 Å². The molecule has 0 radical (unpaired) electrons. The Morgan fingerprint density at radius 3 is 2.25 bits per heavy atom. The Morgan fingerprint density at radius 2 is 1.75 bits per heavy atom. The van der Waals surface area contributed by atoms with Crippen LogP contribution in [0.2, 0.25) is 5.02 Å². The van der Waals surface area contributed by atoms with Crippen LogP contribution in [0.15, 0.2) is 35.5 Å². The second kappa shape index (κ2) is 12.7. The minimum atomic E-state index is -0.803. The molecule has 0 aliphatic heterocycles. The number of allylic oxidation sites excluding steroid dienone is 1. The van der Waals surface area contributed by atoms with Gasteiger partial charge in [0, 0.05) is 29.6 Å². The van der Waals surface area contributed by atoms with E-state index in [-0.39, 0.29) is 12.1 Å². The molecule has 8 nitrogen and oxygen atoms in total. The fourth-order valence-electron chi connectivity index (χ4n) is 2.25. The van der Waals surface area contributed by atoms with E-state index in [4.69, 9.17) is 21.1 Å². The van der Waals surface area contributed by atoms with Gasteiger partial charge in [0.2, 0.25) is 0 Å². The van der Waals surface area contributed by atoms with Crippen LogP contribution in [0.5, 0.6) is 0 Å². The monoisotopic (exact) mass is 408 g/mol. The van der Waals surface area contributed by atoms with Gasteiger partial charge in [-0.3, -0.25) is 10.1 Å². The second-order valence-electron chi connectivity index (χ2n) is 5.46. The summed E-state index contributed by atoms with van der Waals surface area (Å²) in [6.07, 6.45) is -0.118. The zero-order valence-electron chi connectivity index (χ0n) is 16.2. The molecule has 1 rings (SSSR count). The van der Waals surface area contributed by atoms with Crippen LogP contribution in [-0.2, 0) is 14.3 Å². The smallest absolute Gasteiger partial charge is 0.326 e. The quantitative estimate of drug-likeness (QED) is 0.311. The molecule has 0 spiro atoms. The fourth-order valence-corrected chi connectivity index (χ4v) is 2.38. The molecule has 0 heterocycles. The van der Waals surface area contributed by atoms with Crippen LogP contribution < -0.4 is 16.0 Å². The second-order valence-corrected chi connectivity index (χ2v) is 5.89. The van der Waals surface area contributed by atoms with E-state index in [1.807, 2.05) is 19.9 Å². The van der Waals surface area contributed by atoms with E-state index in [9.17, 15) is 14.9 Å². The molecule has 3 amide bonds. The first kappa shape index (κ1) is 23.4. The minimum Gasteiger partial charge on any atom is -0.382 e. The highest BCUT2D eigenvalue weighted by atomic mass is 35.5. The van der Waals surface area contributed by atoms with Crippen LogP contribution in [0.1, 0.15) is 27.2 Å². The Bertz CT molecular complexity index is 722. The number of hydrogen-bond acceptors (Lipinski definition) is 6. The van der Waals surface area contributed by atoms with Gasteiger partial charge in [0.05, 0.1) is 6.54 Å². The van der Waals surface area contributed by atoms with Gasteiger partial charge in [-0.05, 0) is 44.5 Å². The van der Waals surface area contributed by atoms with Gasteiger partial charge in [-0.2, -0.15) is 5.26 Å². The highest BCUT2D eigenvalue weighted by molar-refractivity contribution is 6.30. The Balaban J connectivity index is 2.77. The summed E-state index contributed by atoms with van der Waals surface area (Å²) in [7, 11) is 0. The number of nitrogens with one attached hydrogen (secondary N) is 3. The molecular weight excluding hydrogens is 384 g/mol. The predicted octanol–water partition coefficient (Wildman–Crippen LogP) is 3.16. The maximum absolute atomic E-state index is 12.3. The topological polar surface area (TPSA) is 112 Å². The summed E-state index contributed by atoms with van der Waals surface area (Å²) in [5.74, 6) is -0.803. The standard InChI is InChI=1S/C19H25ClN4O4/c1-4-16(22-12-17(27-5-2)28-6-3)15(11-21)18(25)24-19(26)23-14-9-7-13(20)8-10-14/h7-10,17,22H,4-6,12H2,1-3H3,(H2,23,24,25,26)/b16-15-. The zero-order valence-corrected chi connectivity index (χ0v) is 16.9. The molecule has 0 fully saturated rings. The van der Waals surface area contributed by atoms with E-state index in [0.717, 1.165) is 0 Å². The van der Waals surface area contributed by atoms with Crippen LogP contribution in [0.4, 0.5) is 10.5 Å². The maximum atomic E-state index is 12.3. The summed E-state index contributed by atoms with van der Waals surface area (Å²) in [5.41, 5.74) is 0.673. The highest BCUT2D eigenvalue weighted by Crippen LogP contribution is 2.13. The molecule has 1 aromatic carbocycles. The zero-order chi connectivity index (χ0) is 20.9. The van der Waals surface area contributed by atoms with E-state index < -0.39 is 18.2 Å². The number of anilines is 1. The van der Waals surface area contributed by atoms with E-state index in [1.165, 1.54) is 0 Å². The summed E-state index contributed by atoms with van der Waals surface area (Å²) in [4.78, 5) is 24.4. The van der Waals surface area contributed by atoms with Crippen molar-refractivity contribution < 1.29 is 19.1 Å². The third-order valence-corrected chi connectivity index (χ3v) is 3.76. The van der Waals surface area contributed by atoms with Crippen molar-refractivity contribution in [2.45, 2.75) is 33.5 Å². The molecule has 152 valence electrons. The van der Waals surface area contributed by atoms with Crippen molar-refractivity contribution in [3.8, 4) is 6.07 Å². The van der Waals surface area contributed by atoms with Gasteiger partial charge in [-0.1, -0.05) is 18.5 Å². The number of carbonyl (C=O) groups is 2. The minimum absolute atomic E-state index is 0.180. The van der Waals surface area contributed by atoms with E-state index in [1.54, 1.807) is 31.2 Å². The van der Waals surface area contributed by atoms with Crippen LogP contribution >= 0.6 is 11.6 Å². The Hall–Kier alpha value is -2.60. The molecular formula is C19H25ClN4O4. The van der Waals surface area contributed by atoms with Crippen molar-refractivity contribution in [3.05, 3.63) is 40.6 Å². The van der Waals surface area contributed by atoms with E-state index >= 15 is 0 Å². The first-order valence-electron chi connectivity index (χ1n) is 8.93. The van der Waals surface area contributed by atoms with Crippen molar-refractivity contribution >= 4 is 29.2 Å². The van der Waals surface area contributed by atoms with Crippen molar-refractivity contribution in [1.82, 2.24) is 10.6 Å². The third-order valence-electron chi connectivity index (χ3n) is 3.51. The van der Waals surface area contributed by atoms with Crippen LogP contribution in [0, 0.1) is 11.3 Å². The van der Waals surface area contributed by atoms with E-state index in [0.29, 0.717) is 36.0 Å². The lowest BCUT2D eigenvalue weighted by Gasteiger charge is -2.19. The Morgan fingerprint density at radius 1 is 1.14 bits per heavy atom. The summed E-state index contributed by atoms with van der Waals surface area (Å²) < 4.78 is 10.9. The molecule has 0 aromatic heterocycles. The summed E-state index contributed by atoms with van der Waals surface area (Å²) in [5, 5.41) is 17.5. The highest BCUT2D eigenvalue weighted by Gasteiger charge is 2.18. The summed E-state index contributed by atoms with van der Waals surface area (Å²) >= 11 is 5.79. The maximum Gasteiger partial charge on any atom is 0.326 e. The number of amides is 3. The van der Waals surface area contributed by atoms with Crippen LogP contribution in [0.25, 0.3) is 0 Å². The number of rotatable bonds is 10. The molecule has 0 atom stereocenters. The third kappa shape index (κ3) is 7.96. The SMILES string of the molecule is CCOC(CN/C(CC)=C(/C#N)C(=O)NC(=O)Nc1ccc(Cl)cc1)OCC. The number of carbonyl (C=O) groups excluding carboxylic acids is 2. The predicted molar refractivity (Wildman–Crippen MR) is 107 cm³/mol. The van der Waals surface area contributed by atoms with Crippen molar-refractivity contribution in [2.75, 3.05) is 25.1 Å². The number of imide groups is 1. The van der Waals surface area contributed by atoms with E-state index in [2.05, 4.69) is 16.0 Å². The average molecular weight is 409 g/mol. The number of ether oxygens (including phenoxy) is 2. The first-order valence-corrected chi connectivity index (χ1v) is 9.31. The molecule has 28 heavy (non-hydrogen) atoms. The molecule has 1 aromatic rings. The number of urea groups is 1. The number of benzene rings is 1. The Kier molecular flexibility index (Phi) is 10.7. The molecule has 3 N–H and O–H groups in total. The van der Waals surface area contributed by atoms with Crippen LogP contribution in [-0.4, -0.2) is 38.0 Å². The van der Waals surface area contributed by atoms with Crippen molar-refractivity contribution in [2.24, 2.45) is 0 Å². The van der Waals surface area contributed by atoms with Gasteiger partial charge in [0.15, 0.2) is 6.29 Å². The summed E-state index contributed by atoms with van der Waals surface area (Å²) in [6, 6.07) is 7.48. The number of halogens is 1. The molecule has 0 saturated heterocycles. The van der Waals surface area contributed by atoms with Crippen molar-refractivity contribution in [3.63, 3.8) is 0 Å². The molecule has 0 aliphatic carbocycles. The number of nitriles is 1. The van der Waals surface area contributed by atoms with Crippen LogP contribution in [0.3, 0.4) is 0 Å². The van der Waals surface area contributed by atoms with Gasteiger partial charge in [0.25, 0.3) is 5.91 Å². The lowest BCUT2D eigenvalue weighted by Crippen LogP contribution is -2.37. The number of nitrogens with zero attached hydrogens (tertiary/aromatic N) is 1.